The minimum atomic E-state index is -2.71. The standard InChI is InChI=1S/C35H48O3Si/c1-5-19-31(37-29-30-20-11-8-12-21-30)28-32(22-13-6-7-18-27-36)38-39(35(2,3)4,33-23-14-9-15-24-33)34-25-16-10-17-26-34/h8-17,20-26,31-32,36H,5-7,18-19,27-29H2,1-4H3/b22-13+/t31-,32+/m1/s1. The average molecular weight is 545 g/mol. The molecule has 3 rings (SSSR count). The van der Waals surface area contributed by atoms with Crippen LogP contribution in [0.15, 0.2) is 103 Å². The molecular weight excluding hydrogens is 496 g/mol. The van der Waals surface area contributed by atoms with Crippen molar-refractivity contribution in [3.63, 3.8) is 0 Å². The van der Waals surface area contributed by atoms with Crippen LogP contribution in [0.3, 0.4) is 0 Å². The Kier molecular flexibility index (Phi) is 12.7. The first-order valence-electron chi connectivity index (χ1n) is 14.6. The normalized spacial score (nSPS) is 14.0. The second kappa shape index (κ2) is 15.9. The molecule has 3 aromatic carbocycles. The van der Waals surface area contributed by atoms with E-state index in [2.05, 4.69) is 125 Å². The van der Waals surface area contributed by atoms with E-state index in [0.29, 0.717) is 6.61 Å². The van der Waals surface area contributed by atoms with Gasteiger partial charge in [0.25, 0.3) is 8.32 Å². The summed E-state index contributed by atoms with van der Waals surface area (Å²) in [6, 6.07) is 32.2. The summed E-state index contributed by atoms with van der Waals surface area (Å²) < 4.78 is 14.1. The van der Waals surface area contributed by atoms with Crippen LogP contribution in [0.2, 0.25) is 5.04 Å². The van der Waals surface area contributed by atoms with Crippen LogP contribution in [0.5, 0.6) is 0 Å². The van der Waals surface area contributed by atoms with Crippen molar-refractivity contribution in [1.82, 2.24) is 0 Å². The molecule has 0 bridgehead atoms. The fourth-order valence-electron chi connectivity index (χ4n) is 5.34. The van der Waals surface area contributed by atoms with Gasteiger partial charge in [0.2, 0.25) is 0 Å². The van der Waals surface area contributed by atoms with Crippen LogP contribution in [-0.2, 0) is 15.8 Å². The Morgan fingerprint density at radius 2 is 1.38 bits per heavy atom. The lowest BCUT2D eigenvalue weighted by Crippen LogP contribution is -2.67. The number of rotatable bonds is 16. The van der Waals surface area contributed by atoms with Crippen molar-refractivity contribution in [3.8, 4) is 0 Å². The van der Waals surface area contributed by atoms with Crippen LogP contribution in [0.4, 0.5) is 0 Å². The molecule has 0 saturated carbocycles. The van der Waals surface area contributed by atoms with Crippen LogP contribution in [-0.4, -0.2) is 32.2 Å². The Labute approximate surface area is 238 Å². The third-order valence-electron chi connectivity index (χ3n) is 7.31. The van der Waals surface area contributed by atoms with Gasteiger partial charge in [0, 0.05) is 13.0 Å². The van der Waals surface area contributed by atoms with E-state index in [4.69, 9.17) is 9.16 Å². The lowest BCUT2D eigenvalue weighted by atomic mass is 10.1. The maximum atomic E-state index is 9.24. The van der Waals surface area contributed by atoms with Gasteiger partial charge in [-0.05, 0) is 46.7 Å². The number of unbranched alkanes of at least 4 members (excludes halogenated alkanes) is 2. The highest BCUT2D eigenvalue weighted by molar-refractivity contribution is 6.99. The van der Waals surface area contributed by atoms with Gasteiger partial charge in [0.1, 0.15) is 0 Å². The third kappa shape index (κ3) is 9.01. The molecule has 0 saturated heterocycles. The summed E-state index contributed by atoms with van der Waals surface area (Å²) in [5.41, 5.74) is 1.20. The van der Waals surface area contributed by atoms with Crippen molar-refractivity contribution in [3.05, 3.63) is 109 Å². The molecule has 0 heterocycles. The predicted molar refractivity (Wildman–Crippen MR) is 167 cm³/mol. The lowest BCUT2D eigenvalue weighted by Gasteiger charge is -2.45. The Balaban J connectivity index is 1.98. The molecule has 39 heavy (non-hydrogen) atoms. The van der Waals surface area contributed by atoms with Gasteiger partial charge >= 0.3 is 0 Å². The summed E-state index contributed by atoms with van der Waals surface area (Å²) in [7, 11) is -2.71. The first-order chi connectivity index (χ1) is 18.9. The van der Waals surface area contributed by atoms with Crippen LogP contribution >= 0.6 is 0 Å². The van der Waals surface area contributed by atoms with Gasteiger partial charge in [0.15, 0.2) is 0 Å². The summed E-state index contributed by atoms with van der Waals surface area (Å²) >= 11 is 0. The predicted octanol–water partition coefficient (Wildman–Crippen LogP) is 7.43. The molecule has 0 radical (unpaired) electrons. The zero-order chi connectivity index (χ0) is 28.0. The average Bonchev–Trinajstić information content (AvgIpc) is 2.95. The van der Waals surface area contributed by atoms with E-state index in [-0.39, 0.29) is 23.9 Å². The monoisotopic (exact) mass is 544 g/mol. The minimum absolute atomic E-state index is 0.0854. The second-order valence-electron chi connectivity index (χ2n) is 11.4. The van der Waals surface area contributed by atoms with Crippen LogP contribution < -0.4 is 10.4 Å². The maximum absolute atomic E-state index is 9.24. The van der Waals surface area contributed by atoms with Crippen LogP contribution in [0.25, 0.3) is 0 Å². The number of benzene rings is 3. The highest BCUT2D eigenvalue weighted by Crippen LogP contribution is 2.38. The Bertz CT molecular complexity index is 1040. The Hall–Kier alpha value is -2.50. The van der Waals surface area contributed by atoms with E-state index < -0.39 is 8.32 Å². The number of aliphatic hydroxyl groups excluding tert-OH is 1. The number of ether oxygens (including phenoxy) is 1. The molecule has 0 amide bonds. The highest BCUT2D eigenvalue weighted by atomic mass is 28.4. The smallest absolute Gasteiger partial charge is 0.261 e. The molecular formula is C35H48O3Si. The molecule has 210 valence electrons. The van der Waals surface area contributed by atoms with Crippen molar-refractivity contribution < 1.29 is 14.3 Å². The zero-order valence-corrected chi connectivity index (χ0v) is 25.4. The van der Waals surface area contributed by atoms with Crippen LogP contribution in [0.1, 0.15) is 71.8 Å². The molecule has 0 unspecified atom stereocenters. The highest BCUT2D eigenvalue weighted by Gasteiger charge is 2.51. The summed E-state index contributed by atoms with van der Waals surface area (Å²) in [4.78, 5) is 0. The van der Waals surface area contributed by atoms with E-state index >= 15 is 0 Å². The van der Waals surface area contributed by atoms with Gasteiger partial charge in [-0.3, -0.25) is 0 Å². The van der Waals surface area contributed by atoms with Gasteiger partial charge in [-0.25, -0.2) is 0 Å². The molecule has 0 aliphatic carbocycles. The number of hydrogen-bond donors (Lipinski definition) is 1. The van der Waals surface area contributed by atoms with Gasteiger partial charge in [-0.15, -0.1) is 0 Å². The van der Waals surface area contributed by atoms with E-state index in [1.807, 2.05) is 6.07 Å². The molecule has 3 nitrogen and oxygen atoms in total. The van der Waals surface area contributed by atoms with Gasteiger partial charge < -0.3 is 14.3 Å². The SMILES string of the molecule is CCC[C@H](C[C@H](/C=C/CCCCO)O[Si](c1ccccc1)(c1ccccc1)C(C)(C)C)OCc1ccccc1. The van der Waals surface area contributed by atoms with E-state index in [1.165, 1.54) is 15.9 Å². The Morgan fingerprint density at radius 1 is 0.821 bits per heavy atom. The van der Waals surface area contributed by atoms with Crippen molar-refractivity contribution in [2.75, 3.05) is 6.61 Å². The van der Waals surface area contributed by atoms with E-state index in [0.717, 1.165) is 38.5 Å². The molecule has 2 atom stereocenters. The maximum Gasteiger partial charge on any atom is 0.261 e. The first kappa shape index (κ1) is 31.0. The number of allylic oxidation sites excluding steroid dienone is 1. The first-order valence-corrected chi connectivity index (χ1v) is 16.5. The summed E-state index contributed by atoms with van der Waals surface area (Å²) in [5.74, 6) is 0. The molecule has 0 aliphatic heterocycles. The van der Waals surface area contributed by atoms with Gasteiger partial charge in [-0.1, -0.05) is 137 Å². The Morgan fingerprint density at radius 3 is 1.90 bits per heavy atom. The molecule has 0 spiro atoms. The van der Waals surface area contributed by atoms with Crippen molar-refractivity contribution in [2.24, 2.45) is 0 Å². The quantitative estimate of drug-likeness (QED) is 0.116. The van der Waals surface area contributed by atoms with Crippen molar-refractivity contribution in [2.45, 2.75) is 90.1 Å². The second-order valence-corrected chi connectivity index (χ2v) is 15.7. The fraction of sp³-hybridized carbons (Fsp3) is 0.429. The topological polar surface area (TPSA) is 38.7 Å². The molecule has 4 heteroatoms. The number of aliphatic hydroxyl groups is 1. The van der Waals surface area contributed by atoms with Gasteiger partial charge in [-0.2, -0.15) is 0 Å². The largest absolute Gasteiger partial charge is 0.401 e. The van der Waals surface area contributed by atoms with Crippen molar-refractivity contribution >= 4 is 18.7 Å². The molecule has 1 N–H and O–H groups in total. The minimum Gasteiger partial charge on any atom is -0.401 e. The summed E-state index contributed by atoms with van der Waals surface area (Å²) in [6.45, 7) is 10.1. The third-order valence-corrected chi connectivity index (χ3v) is 12.4. The lowest BCUT2D eigenvalue weighted by molar-refractivity contribution is 0.0102. The van der Waals surface area contributed by atoms with E-state index in [1.54, 1.807) is 0 Å². The molecule has 0 fully saturated rings. The summed E-state index contributed by atoms with van der Waals surface area (Å²) in [6.07, 6.45) is 10.1. The fourth-order valence-corrected chi connectivity index (χ4v) is 9.99. The number of hydrogen-bond acceptors (Lipinski definition) is 3. The van der Waals surface area contributed by atoms with Crippen LogP contribution in [0, 0.1) is 0 Å². The summed E-state index contributed by atoms with van der Waals surface area (Å²) in [5, 5.41) is 11.7. The molecule has 0 aliphatic rings. The zero-order valence-electron chi connectivity index (χ0n) is 24.4. The molecule has 0 aromatic heterocycles. The van der Waals surface area contributed by atoms with Gasteiger partial charge in [0.05, 0.1) is 18.8 Å². The van der Waals surface area contributed by atoms with E-state index in [9.17, 15) is 5.11 Å². The van der Waals surface area contributed by atoms with Crippen molar-refractivity contribution in [1.29, 1.82) is 0 Å². The molecule has 3 aromatic rings.